The second-order valence-electron chi connectivity index (χ2n) is 7.68. The fraction of sp³-hybridized carbons (Fsp3) is 0.409. The molecule has 0 bridgehead atoms. The number of amides is 1. The molecule has 1 saturated carbocycles. The topological polar surface area (TPSA) is 59.0 Å². The van der Waals surface area contributed by atoms with E-state index in [0.717, 1.165) is 11.6 Å². The van der Waals surface area contributed by atoms with Crippen LogP contribution in [-0.4, -0.2) is 41.1 Å². The summed E-state index contributed by atoms with van der Waals surface area (Å²) in [6.07, 6.45) is -0.293. The van der Waals surface area contributed by atoms with Crippen molar-refractivity contribution in [2.75, 3.05) is 13.2 Å². The van der Waals surface area contributed by atoms with E-state index in [1.165, 1.54) is 11.0 Å². The molecule has 1 aliphatic carbocycles. The molecule has 2 aromatic carbocycles. The summed E-state index contributed by atoms with van der Waals surface area (Å²) >= 11 is 0. The highest BCUT2D eigenvalue weighted by atomic mass is 19.2. The summed E-state index contributed by atoms with van der Waals surface area (Å²) in [5, 5.41) is 9.97. The van der Waals surface area contributed by atoms with Crippen LogP contribution in [0.15, 0.2) is 42.5 Å². The molecule has 160 valence electrons. The standard InChI is InChI=1S/C22H22F3NO4/c23-17-7-6-16(19(24)20(17)25)15-8-9-22(29-10-11-30-22)12-18(15)26(21(27)28)13-14-4-2-1-3-5-14/h1-7,15,18H,8-13H2,(H,27,28)/t15-,18+/m1/s1. The van der Waals surface area contributed by atoms with E-state index >= 15 is 0 Å². The molecule has 5 nitrogen and oxygen atoms in total. The Morgan fingerprint density at radius 1 is 1.07 bits per heavy atom. The van der Waals surface area contributed by atoms with Crippen molar-refractivity contribution >= 4 is 6.09 Å². The highest BCUT2D eigenvalue weighted by Crippen LogP contribution is 2.45. The number of hydrogen-bond acceptors (Lipinski definition) is 3. The number of carbonyl (C=O) groups is 1. The van der Waals surface area contributed by atoms with Crippen molar-refractivity contribution in [3.8, 4) is 0 Å². The fourth-order valence-corrected chi connectivity index (χ4v) is 4.51. The first-order valence-corrected chi connectivity index (χ1v) is 9.85. The Morgan fingerprint density at radius 3 is 2.43 bits per heavy atom. The van der Waals surface area contributed by atoms with E-state index in [1.54, 1.807) is 24.3 Å². The van der Waals surface area contributed by atoms with Crippen molar-refractivity contribution in [1.29, 1.82) is 0 Å². The van der Waals surface area contributed by atoms with Crippen LogP contribution < -0.4 is 0 Å². The smallest absolute Gasteiger partial charge is 0.407 e. The minimum Gasteiger partial charge on any atom is -0.465 e. The van der Waals surface area contributed by atoms with Crippen molar-refractivity contribution in [2.24, 2.45) is 0 Å². The Balaban J connectivity index is 1.72. The maximum Gasteiger partial charge on any atom is 0.407 e. The average molecular weight is 421 g/mol. The lowest BCUT2D eigenvalue weighted by molar-refractivity contribution is -0.191. The average Bonchev–Trinajstić information content (AvgIpc) is 3.19. The van der Waals surface area contributed by atoms with Crippen LogP contribution in [0.3, 0.4) is 0 Å². The molecule has 0 unspecified atom stereocenters. The van der Waals surface area contributed by atoms with Gasteiger partial charge in [0.2, 0.25) is 0 Å². The molecule has 4 rings (SSSR count). The van der Waals surface area contributed by atoms with Gasteiger partial charge in [-0.15, -0.1) is 0 Å². The van der Waals surface area contributed by atoms with Gasteiger partial charge in [-0.25, -0.2) is 18.0 Å². The molecule has 2 atom stereocenters. The molecular weight excluding hydrogens is 399 g/mol. The first-order valence-electron chi connectivity index (χ1n) is 9.85. The third-order valence-corrected chi connectivity index (χ3v) is 5.94. The molecule has 2 fully saturated rings. The fourth-order valence-electron chi connectivity index (χ4n) is 4.51. The van der Waals surface area contributed by atoms with Crippen LogP contribution in [0.1, 0.15) is 36.3 Å². The lowest BCUT2D eigenvalue weighted by Crippen LogP contribution is -2.51. The van der Waals surface area contributed by atoms with Crippen LogP contribution in [0, 0.1) is 17.5 Å². The first-order chi connectivity index (χ1) is 14.4. The van der Waals surface area contributed by atoms with E-state index < -0.39 is 41.3 Å². The third kappa shape index (κ3) is 3.89. The van der Waals surface area contributed by atoms with E-state index in [1.807, 2.05) is 6.07 Å². The van der Waals surface area contributed by atoms with Crippen LogP contribution in [-0.2, 0) is 16.0 Å². The second kappa shape index (κ2) is 8.28. The van der Waals surface area contributed by atoms with Gasteiger partial charge in [0.15, 0.2) is 23.2 Å². The van der Waals surface area contributed by atoms with Gasteiger partial charge in [-0.3, -0.25) is 0 Å². The van der Waals surface area contributed by atoms with Gasteiger partial charge in [0, 0.05) is 31.3 Å². The van der Waals surface area contributed by atoms with E-state index in [-0.39, 0.29) is 18.5 Å². The van der Waals surface area contributed by atoms with Gasteiger partial charge in [0.1, 0.15) is 0 Å². The highest BCUT2D eigenvalue weighted by Gasteiger charge is 2.49. The Hall–Kier alpha value is -2.58. The first kappa shape index (κ1) is 20.7. The zero-order valence-corrected chi connectivity index (χ0v) is 16.2. The summed E-state index contributed by atoms with van der Waals surface area (Å²) in [6.45, 7) is 0.851. The molecular formula is C22H22F3NO4. The minimum atomic E-state index is -1.55. The lowest BCUT2D eigenvalue weighted by Gasteiger charge is -2.45. The van der Waals surface area contributed by atoms with Crippen molar-refractivity contribution in [3.05, 3.63) is 71.0 Å². The molecule has 30 heavy (non-hydrogen) atoms. The van der Waals surface area contributed by atoms with Gasteiger partial charge in [0.05, 0.1) is 13.2 Å². The quantitative estimate of drug-likeness (QED) is 0.730. The predicted molar refractivity (Wildman–Crippen MR) is 101 cm³/mol. The predicted octanol–water partition coefficient (Wildman–Crippen LogP) is 4.66. The van der Waals surface area contributed by atoms with Crippen LogP contribution in [0.4, 0.5) is 18.0 Å². The molecule has 1 amide bonds. The summed E-state index contributed by atoms with van der Waals surface area (Å²) in [4.78, 5) is 13.4. The molecule has 1 aliphatic heterocycles. The third-order valence-electron chi connectivity index (χ3n) is 5.94. The molecule has 2 aliphatic rings. The zero-order valence-electron chi connectivity index (χ0n) is 16.2. The Morgan fingerprint density at radius 2 is 1.77 bits per heavy atom. The number of halogens is 3. The summed E-state index contributed by atoms with van der Waals surface area (Å²) in [7, 11) is 0. The van der Waals surface area contributed by atoms with Crippen molar-refractivity contribution in [1.82, 2.24) is 4.90 Å². The second-order valence-corrected chi connectivity index (χ2v) is 7.68. The van der Waals surface area contributed by atoms with Crippen LogP contribution >= 0.6 is 0 Å². The minimum absolute atomic E-state index is 0.0361. The SMILES string of the molecule is O=C(O)N(Cc1ccccc1)[C@H]1CC2(CC[C@@H]1c1ccc(F)c(F)c1F)OCCO2. The number of hydrogen-bond donors (Lipinski definition) is 1. The van der Waals surface area contributed by atoms with Gasteiger partial charge in [0.25, 0.3) is 0 Å². The summed E-state index contributed by atoms with van der Waals surface area (Å²) < 4.78 is 53.6. The molecule has 0 radical (unpaired) electrons. The van der Waals surface area contributed by atoms with E-state index in [2.05, 4.69) is 0 Å². The summed E-state index contributed by atoms with van der Waals surface area (Å²) in [5.74, 6) is -5.72. The van der Waals surface area contributed by atoms with Crippen molar-refractivity contribution < 1.29 is 32.5 Å². The molecule has 1 spiro atoms. The maximum absolute atomic E-state index is 14.6. The largest absolute Gasteiger partial charge is 0.465 e. The molecule has 2 aromatic rings. The molecule has 1 saturated heterocycles. The Bertz CT molecular complexity index is 918. The molecule has 8 heteroatoms. The molecule has 1 heterocycles. The highest BCUT2D eigenvalue weighted by molar-refractivity contribution is 5.66. The lowest BCUT2D eigenvalue weighted by atomic mass is 9.76. The molecule has 1 N–H and O–H groups in total. The van der Waals surface area contributed by atoms with Crippen LogP contribution in [0.5, 0.6) is 0 Å². The molecule has 0 aromatic heterocycles. The number of nitrogens with zero attached hydrogens (tertiary/aromatic N) is 1. The van der Waals surface area contributed by atoms with Crippen molar-refractivity contribution in [3.63, 3.8) is 0 Å². The van der Waals surface area contributed by atoms with Crippen LogP contribution in [0.25, 0.3) is 0 Å². The number of rotatable bonds is 4. The van der Waals surface area contributed by atoms with Gasteiger partial charge >= 0.3 is 6.09 Å². The van der Waals surface area contributed by atoms with Gasteiger partial charge in [-0.2, -0.15) is 0 Å². The monoisotopic (exact) mass is 421 g/mol. The summed E-state index contributed by atoms with van der Waals surface area (Å²) in [5.41, 5.74) is 0.725. The number of ether oxygens (including phenoxy) is 2. The normalized spacial score (nSPS) is 22.9. The van der Waals surface area contributed by atoms with E-state index in [9.17, 15) is 23.1 Å². The van der Waals surface area contributed by atoms with E-state index in [4.69, 9.17) is 9.47 Å². The van der Waals surface area contributed by atoms with Crippen LogP contribution in [0.2, 0.25) is 0 Å². The van der Waals surface area contributed by atoms with Gasteiger partial charge in [-0.1, -0.05) is 36.4 Å². The summed E-state index contributed by atoms with van der Waals surface area (Å²) in [6, 6.07) is 10.3. The van der Waals surface area contributed by atoms with Crippen molar-refractivity contribution in [2.45, 2.75) is 43.6 Å². The Labute approximate surface area is 172 Å². The number of benzene rings is 2. The zero-order chi connectivity index (χ0) is 21.3. The van der Waals surface area contributed by atoms with E-state index in [0.29, 0.717) is 26.1 Å². The van der Waals surface area contributed by atoms with Gasteiger partial charge in [-0.05, 0) is 23.6 Å². The van der Waals surface area contributed by atoms with Gasteiger partial charge < -0.3 is 19.5 Å². The Kier molecular flexibility index (Phi) is 5.71. The number of carboxylic acid groups (broad SMARTS) is 1. The maximum atomic E-state index is 14.6.